The van der Waals surface area contributed by atoms with Gasteiger partial charge in [0.1, 0.15) is 11.6 Å². The van der Waals surface area contributed by atoms with Gasteiger partial charge in [-0.3, -0.25) is 4.90 Å². The van der Waals surface area contributed by atoms with Crippen LogP contribution in [-0.4, -0.2) is 27.5 Å². The predicted octanol–water partition coefficient (Wildman–Crippen LogP) is 4.44. The summed E-state index contributed by atoms with van der Waals surface area (Å²) in [7, 11) is 0. The van der Waals surface area contributed by atoms with E-state index in [-0.39, 0.29) is 5.82 Å². The molecule has 1 aliphatic heterocycles. The van der Waals surface area contributed by atoms with Crippen LogP contribution in [0, 0.1) is 18.7 Å². The molecule has 0 saturated carbocycles. The first kappa shape index (κ1) is 17.9. The second-order valence-electron chi connectivity index (χ2n) is 7.61. The minimum absolute atomic E-state index is 0.151. The lowest BCUT2D eigenvalue weighted by atomic mass is 10.0. The van der Waals surface area contributed by atoms with Gasteiger partial charge in [-0.25, -0.2) is 9.37 Å². The first-order valence-electron chi connectivity index (χ1n) is 9.69. The van der Waals surface area contributed by atoms with Crippen molar-refractivity contribution in [3.05, 3.63) is 89.3 Å². The Labute approximate surface area is 160 Å². The maximum Gasteiger partial charge on any atom is 0.123 e. The minimum Gasteiger partial charge on any atom is -0.328 e. The zero-order chi connectivity index (χ0) is 18.6. The fourth-order valence-electron chi connectivity index (χ4n) is 4.03. The Morgan fingerprint density at radius 3 is 2.67 bits per heavy atom. The standard InChI is InChI=1S/C23H26FN3/c1-18-14-25-23(27(18)17-19-6-3-2-4-7-19)13-21-10-11-26(16-21)15-20-8-5-9-22(24)12-20/h2-9,12,14,21H,10-11,13,15-17H2,1H3. The van der Waals surface area contributed by atoms with E-state index < -0.39 is 0 Å². The minimum atomic E-state index is -0.151. The number of hydrogen-bond donors (Lipinski definition) is 0. The lowest BCUT2D eigenvalue weighted by molar-refractivity contribution is 0.314. The highest BCUT2D eigenvalue weighted by Crippen LogP contribution is 2.23. The highest BCUT2D eigenvalue weighted by Gasteiger charge is 2.24. The first-order valence-corrected chi connectivity index (χ1v) is 9.69. The monoisotopic (exact) mass is 363 g/mol. The number of likely N-dealkylation sites (tertiary alicyclic amines) is 1. The summed E-state index contributed by atoms with van der Waals surface area (Å²) >= 11 is 0. The van der Waals surface area contributed by atoms with E-state index >= 15 is 0 Å². The van der Waals surface area contributed by atoms with E-state index in [1.54, 1.807) is 12.1 Å². The summed E-state index contributed by atoms with van der Waals surface area (Å²) in [4.78, 5) is 7.12. The molecule has 3 aromatic rings. The molecule has 4 rings (SSSR count). The van der Waals surface area contributed by atoms with Crippen LogP contribution in [0.3, 0.4) is 0 Å². The Morgan fingerprint density at radius 2 is 1.85 bits per heavy atom. The maximum atomic E-state index is 13.4. The maximum absolute atomic E-state index is 13.4. The summed E-state index contributed by atoms with van der Waals surface area (Å²) in [6.45, 7) is 5.95. The number of rotatable bonds is 6. The van der Waals surface area contributed by atoms with E-state index in [1.807, 2.05) is 12.3 Å². The number of halogens is 1. The molecule has 4 heteroatoms. The van der Waals surface area contributed by atoms with Crippen LogP contribution in [0.15, 0.2) is 60.8 Å². The summed E-state index contributed by atoms with van der Waals surface area (Å²) in [5.41, 5.74) is 3.57. The third-order valence-corrected chi connectivity index (χ3v) is 5.46. The molecule has 2 aromatic carbocycles. The average molecular weight is 363 g/mol. The molecular weight excluding hydrogens is 337 g/mol. The lowest BCUT2D eigenvalue weighted by Gasteiger charge is -2.17. The molecule has 1 fully saturated rings. The summed E-state index contributed by atoms with van der Waals surface area (Å²) in [6.07, 6.45) is 4.16. The van der Waals surface area contributed by atoms with Crippen molar-refractivity contribution in [1.82, 2.24) is 14.5 Å². The number of aryl methyl sites for hydroxylation is 1. The molecule has 3 nitrogen and oxygen atoms in total. The van der Waals surface area contributed by atoms with E-state index in [2.05, 4.69) is 46.7 Å². The third-order valence-electron chi connectivity index (χ3n) is 5.46. The molecule has 1 saturated heterocycles. The quantitative estimate of drug-likeness (QED) is 0.645. The largest absolute Gasteiger partial charge is 0.328 e. The molecule has 0 bridgehead atoms. The van der Waals surface area contributed by atoms with Gasteiger partial charge >= 0.3 is 0 Å². The molecule has 27 heavy (non-hydrogen) atoms. The predicted molar refractivity (Wildman–Crippen MR) is 106 cm³/mol. The van der Waals surface area contributed by atoms with Crippen molar-refractivity contribution >= 4 is 0 Å². The van der Waals surface area contributed by atoms with E-state index in [0.29, 0.717) is 5.92 Å². The van der Waals surface area contributed by atoms with Crippen LogP contribution in [0.25, 0.3) is 0 Å². The van der Waals surface area contributed by atoms with Gasteiger partial charge in [0.15, 0.2) is 0 Å². The SMILES string of the molecule is Cc1cnc(CC2CCN(Cc3cccc(F)c3)C2)n1Cc1ccccc1. The fourth-order valence-corrected chi connectivity index (χ4v) is 4.03. The summed E-state index contributed by atoms with van der Waals surface area (Å²) in [5, 5.41) is 0. The zero-order valence-electron chi connectivity index (χ0n) is 15.8. The number of nitrogens with zero attached hydrogens (tertiary/aromatic N) is 3. The van der Waals surface area contributed by atoms with Crippen molar-refractivity contribution in [2.75, 3.05) is 13.1 Å². The smallest absolute Gasteiger partial charge is 0.123 e. The van der Waals surface area contributed by atoms with E-state index in [0.717, 1.165) is 38.2 Å². The van der Waals surface area contributed by atoms with E-state index in [1.165, 1.54) is 29.6 Å². The molecule has 0 radical (unpaired) electrons. The summed E-state index contributed by atoms with van der Waals surface area (Å²) in [6, 6.07) is 17.5. The molecule has 0 amide bonds. The molecule has 1 unspecified atom stereocenters. The number of imidazole rings is 1. The van der Waals surface area contributed by atoms with Gasteiger partial charge < -0.3 is 4.57 Å². The molecular formula is C23H26FN3. The van der Waals surface area contributed by atoms with Crippen LogP contribution >= 0.6 is 0 Å². The van der Waals surface area contributed by atoms with Gasteiger partial charge in [-0.15, -0.1) is 0 Å². The molecule has 1 aromatic heterocycles. The first-order chi connectivity index (χ1) is 13.2. The van der Waals surface area contributed by atoms with Crippen LogP contribution < -0.4 is 0 Å². The molecule has 0 spiro atoms. The third kappa shape index (κ3) is 4.45. The lowest BCUT2D eigenvalue weighted by Crippen LogP contribution is -2.21. The van der Waals surface area contributed by atoms with Crippen LogP contribution in [0.2, 0.25) is 0 Å². The normalized spacial score (nSPS) is 17.5. The molecule has 2 heterocycles. The Balaban J connectivity index is 1.39. The summed E-state index contributed by atoms with van der Waals surface area (Å²) < 4.78 is 15.7. The van der Waals surface area contributed by atoms with Gasteiger partial charge in [0.2, 0.25) is 0 Å². The molecule has 0 aliphatic carbocycles. The average Bonchev–Trinajstić information content (AvgIpc) is 3.24. The van der Waals surface area contributed by atoms with Gasteiger partial charge in [0.25, 0.3) is 0 Å². The van der Waals surface area contributed by atoms with Crippen LogP contribution in [0.4, 0.5) is 4.39 Å². The second-order valence-corrected chi connectivity index (χ2v) is 7.61. The van der Waals surface area contributed by atoms with Gasteiger partial charge in [-0.1, -0.05) is 42.5 Å². The fraction of sp³-hybridized carbons (Fsp3) is 0.348. The van der Waals surface area contributed by atoms with Gasteiger partial charge in [0, 0.05) is 37.9 Å². The molecule has 140 valence electrons. The molecule has 1 atom stereocenters. The van der Waals surface area contributed by atoms with Gasteiger partial charge in [-0.05, 0) is 49.1 Å². The van der Waals surface area contributed by atoms with Gasteiger partial charge in [-0.2, -0.15) is 0 Å². The zero-order valence-corrected chi connectivity index (χ0v) is 15.8. The molecule has 0 N–H and O–H groups in total. The van der Waals surface area contributed by atoms with Gasteiger partial charge in [0.05, 0.1) is 0 Å². The Bertz CT molecular complexity index is 888. The Kier molecular flexibility index (Phi) is 5.35. The second kappa shape index (κ2) is 8.05. The highest BCUT2D eigenvalue weighted by molar-refractivity contribution is 5.18. The van der Waals surface area contributed by atoms with E-state index in [9.17, 15) is 4.39 Å². The van der Waals surface area contributed by atoms with E-state index in [4.69, 9.17) is 4.98 Å². The van der Waals surface area contributed by atoms with Crippen molar-refractivity contribution < 1.29 is 4.39 Å². The highest BCUT2D eigenvalue weighted by atomic mass is 19.1. The number of hydrogen-bond acceptors (Lipinski definition) is 2. The van der Waals surface area contributed by atoms with Crippen molar-refractivity contribution in [1.29, 1.82) is 0 Å². The topological polar surface area (TPSA) is 21.1 Å². The van der Waals surface area contributed by atoms with Crippen molar-refractivity contribution in [3.63, 3.8) is 0 Å². The van der Waals surface area contributed by atoms with Crippen molar-refractivity contribution in [2.45, 2.75) is 32.9 Å². The Hall–Kier alpha value is -2.46. The number of benzene rings is 2. The Morgan fingerprint density at radius 1 is 1.04 bits per heavy atom. The van der Waals surface area contributed by atoms with Crippen LogP contribution in [-0.2, 0) is 19.5 Å². The van der Waals surface area contributed by atoms with Crippen molar-refractivity contribution in [3.8, 4) is 0 Å². The van der Waals surface area contributed by atoms with Crippen molar-refractivity contribution in [2.24, 2.45) is 5.92 Å². The molecule has 1 aliphatic rings. The number of aromatic nitrogens is 2. The van der Waals surface area contributed by atoms with Crippen LogP contribution in [0.5, 0.6) is 0 Å². The van der Waals surface area contributed by atoms with Crippen LogP contribution in [0.1, 0.15) is 29.1 Å². The summed E-state index contributed by atoms with van der Waals surface area (Å²) in [5.74, 6) is 1.63.